The molecule has 4 heterocycles. The average molecular weight is 393 g/mol. The monoisotopic (exact) mass is 393 g/mol. The SMILES string of the molecule is O=C(Cn1ncccc1=O)N1CC2CN(c3ccc(C(F)(F)F)cn3)CC2C1. The Bertz CT molecular complexity index is 914. The van der Waals surface area contributed by atoms with Crippen LogP contribution in [0.4, 0.5) is 19.0 Å². The lowest BCUT2D eigenvalue weighted by atomic mass is 10.0. The van der Waals surface area contributed by atoms with Crippen LogP contribution in [0.15, 0.2) is 41.5 Å². The van der Waals surface area contributed by atoms with Crippen LogP contribution >= 0.6 is 0 Å². The Morgan fingerprint density at radius 3 is 2.39 bits per heavy atom. The molecule has 0 aromatic carbocycles. The van der Waals surface area contributed by atoms with Crippen molar-refractivity contribution < 1.29 is 18.0 Å². The molecule has 0 spiro atoms. The summed E-state index contributed by atoms with van der Waals surface area (Å²) in [5.41, 5.74) is -1.09. The van der Waals surface area contributed by atoms with Gasteiger partial charge in [0.05, 0.1) is 5.56 Å². The number of fused-ring (bicyclic) bond motifs is 1. The molecule has 0 radical (unpaired) electrons. The fraction of sp³-hybridized carbons (Fsp3) is 0.444. The number of halogens is 3. The molecule has 2 unspecified atom stereocenters. The Balaban J connectivity index is 1.36. The molecule has 0 bridgehead atoms. The topological polar surface area (TPSA) is 71.3 Å². The number of aromatic nitrogens is 3. The van der Waals surface area contributed by atoms with Gasteiger partial charge >= 0.3 is 6.18 Å². The molecule has 0 aliphatic carbocycles. The second-order valence-electron chi connectivity index (χ2n) is 7.15. The Kier molecular flexibility index (Phi) is 4.56. The highest BCUT2D eigenvalue weighted by atomic mass is 19.4. The zero-order chi connectivity index (χ0) is 19.9. The van der Waals surface area contributed by atoms with Crippen molar-refractivity contribution in [3.63, 3.8) is 0 Å². The van der Waals surface area contributed by atoms with Crippen molar-refractivity contribution in [2.75, 3.05) is 31.1 Å². The maximum Gasteiger partial charge on any atom is 0.417 e. The second-order valence-corrected chi connectivity index (χ2v) is 7.15. The average Bonchev–Trinajstić information content (AvgIpc) is 3.22. The highest BCUT2D eigenvalue weighted by Crippen LogP contribution is 2.34. The number of rotatable bonds is 3. The third-order valence-electron chi connectivity index (χ3n) is 5.31. The molecule has 28 heavy (non-hydrogen) atoms. The van der Waals surface area contributed by atoms with Gasteiger partial charge in [-0.25, -0.2) is 9.67 Å². The number of likely N-dealkylation sites (tertiary alicyclic amines) is 1. The fourth-order valence-electron chi connectivity index (χ4n) is 3.86. The molecule has 4 rings (SSSR count). The maximum atomic E-state index is 12.7. The van der Waals surface area contributed by atoms with Crippen LogP contribution in [0, 0.1) is 11.8 Å². The van der Waals surface area contributed by atoms with Crippen molar-refractivity contribution in [1.82, 2.24) is 19.7 Å². The number of carbonyl (C=O) groups excluding carboxylic acids is 1. The first-order valence-electron chi connectivity index (χ1n) is 8.89. The Labute approximate surface area is 158 Å². The minimum absolute atomic E-state index is 0.0940. The van der Waals surface area contributed by atoms with Gasteiger partial charge in [0.1, 0.15) is 12.4 Å². The largest absolute Gasteiger partial charge is 0.417 e. The van der Waals surface area contributed by atoms with E-state index in [0.717, 1.165) is 16.9 Å². The molecule has 0 N–H and O–H groups in total. The number of pyridine rings is 1. The van der Waals surface area contributed by atoms with Gasteiger partial charge in [-0.15, -0.1) is 0 Å². The predicted molar refractivity (Wildman–Crippen MR) is 93.5 cm³/mol. The molecule has 2 aliphatic rings. The second kappa shape index (κ2) is 6.92. The summed E-state index contributed by atoms with van der Waals surface area (Å²) in [6.45, 7) is 2.29. The van der Waals surface area contributed by atoms with Crippen molar-refractivity contribution in [2.24, 2.45) is 11.8 Å². The van der Waals surface area contributed by atoms with Crippen LogP contribution in [0.25, 0.3) is 0 Å². The van der Waals surface area contributed by atoms with Crippen molar-refractivity contribution in [2.45, 2.75) is 12.7 Å². The molecule has 2 aromatic rings. The zero-order valence-corrected chi connectivity index (χ0v) is 14.8. The number of alkyl halides is 3. The lowest BCUT2D eigenvalue weighted by molar-refractivity contribution is -0.137. The standard InChI is InChI=1S/C18H18F3N5O2/c19-18(20,21)14-3-4-15(22-6-14)24-7-12-9-25(10-13(12)8-24)17(28)11-26-16(27)2-1-5-23-26/h1-6,12-13H,7-11H2. The Morgan fingerprint density at radius 1 is 1.11 bits per heavy atom. The van der Waals surface area contributed by atoms with Crippen LogP contribution in [-0.2, 0) is 17.5 Å². The minimum Gasteiger partial charge on any atom is -0.356 e. The molecule has 148 valence electrons. The summed E-state index contributed by atoms with van der Waals surface area (Å²) in [7, 11) is 0. The van der Waals surface area contributed by atoms with Crippen molar-refractivity contribution in [3.8, 4) is 0 Å². The summed E-state index contributed by atoms with van der Waals surface area (Å²) >= 11 is 0. The van der Waals surface area contributed by atoms with Crippen LogP contribution in [0.2, 0.25) is 0 Å². The number of carbonyl (C=O) groups is 1. The molecular formula is C18H18F3N5O2. The van der Waals surface area contributed by atoms with E-state index in [0.29, 0.717) is 32.0 Å². The smallest absolute Gasteiger partial charge is 0.356 e. The van der Waals surface area contributed by atoms with Gasteiger partial charge in [0.25, 0.3) is 5.56 Å². The third kappa shape index (κ3) is 3.58. The van der Waals surface area contributed by atoms with Gasteiger partial charge in [-0.1, -0.05) is 0 Å². The van der Waals surface area contributed by atoms with Gasteiger partial charge in [0, 0.05) is 56.5 Å². The number of hydrogen-bond acceptors (Lipinski definition) is 5. The van der Waals surface area contributed by atoms with E-state index in [4.69, 9.17) is 0 Å². The molecule has 1 amide bonds. The molecule has 2 aromatic heterocycles. The van der Waals surface area contributed by atoms with Gasteiger partial charge in [-0.05, 0) is 18.2 Å². The Hall–Kier alpha value is -2.91. The van der Waals surface area contributed by atoms with E-state index in [2.05, 4.69) is 10.1 Å². The van der Waals surface area contributed by atoms with Gasteiger partial charge in [0.15, 0.2) is 0 Å². The zero-order valence-electron chi connectivity index (χ0n) is 14.8. The van der Waals surface area contributed by atoms with Gasteiger partial charge in [-0.2, -0.15) is 18.3 Å². The van der Waals surface area contributed by atoms with Crippen LogP contribution in [-0.4, -0.2) is 51.8 Å². The molecule has 7 nitrogen and oxygen atoms in total. The van der Waals surface area contributed by atoms with E-state index in [9.17, 15) is 22.8 Å². The van der Waals surface area contributed by atoms with E-state index in [-0.39, 0.29) is 29.8 Å². The van der Waals surface area contributed by atoms with E-state index in [1.165, 1.54) is 24.4 Å². The van der Waals surface area contributed by atoms with Crippen molar-refractivity contribution >= 4 is 11.7 Å². The van der Waals surface area contributed by atoms with Gasteiger partial charge in [0.2, 0.25) is 5.91 Å². The number of anilines is 1. The quantitative estimate of drug-likeness (QED) is 0.785. The van der Waals surface area contributed by atoms with Crippen LogP contribution in [0.1, 0.15) is 5.56 Å². The first-order chi connectivity index (χ1) is 13.3. The van der Waals surface area contributed by atoms with Gasteiger partial charge < -0.3 is 9.80 Å². The molecular weight excluding hydrogens is 375 g/mol. The minimum atomic E-state index is -4.40. The number of nitrogens with zero attached hydrogens (tertiary/aromatic N) is 5. The van der Waals surface area contributed by atoms with Crippen LogP contribution in [0.5, 0.6) is 0 Å². The maximum absolute atomic E-state index is 12.7. The lowest BCUT2D eigenvalue weighted by Gasteiger charge is -2.22. The number of amides is 1. The molecule has 0 saturated carbocycles. The molecule has 2 atom stereocenters. The molecule has 10 heteroatoms. The van der Waals surface area contributed by atoms with Gasteiger partial charge in [-0.3, -0.25) is 9.59 Å². The predicted octanol–water partition coefficient (Wildman–Crippen LogP) is 1.25. The van der Waals surface area contributed by atoms with Crippen molar-refractivity contribution in [1.29, 1.82) is 0 Å². The summed E-state index contributed by atoms with van der Waals surface area (Å²) in [6.07, 6.45) is -2.09. The molecule has 2 fully saturated rings. The first kappa shape index (κ1) is 18.5. The van der Waals surface area contributed by atoms with E-state index in [1.54, 1.807) is 4.90 Å². The molecule has 2 aliphatic heterocycles. The lowest BCUT2D eigenvalue weighted by Crippen LogP contribution is -2.38. The summed E-state index contributed by atoms with van der Waals surface area (Å²) < 4.78 is 39.1. The highest BCUT2D eigenvalue weighted by molar-refractivity contribution is 5.76. The van der Waals surface area contributed by atoms with Crippen LogP contribution < -0.4 is 10.5 Å². The van der Waals surface area contributed by atoms with Crippen LogP contribution in [0.3, 0.4) is 0 Å². The van der Waals surface area contributed by atoms with E-state index < -0.39 is 11.7 Å². The number of hydrogen-bond donors (Lipinski definition) is 0. The summed E-state index contributed by atoms with van der Waals surface area (Å²) in [5.74, 6) is 0.816. The normalized spacial score (nSPS) is 21.8. The van der Waals surface area contributed by atoms with Crippen molar-refractivity contribution in [3.05, 3.63) is 52.6 Å². The highest BCUT2D eigenvalue weighted by Gasteiger charge is 2.42. The third-order valence-corrected chi connectivity index (χ3v) is 5.31. The first-order valence-corrected chi connectivity index (χ1v) is 8.89. The molecule has 2 saturated heterocycles. The van der Waals surface area contributed by atoms with E-state index >= 15 is 0 Å². The summed E-state index contributed by atoms with van der Waals surface area (Å²) in [5, 5.41) is 3.90. The van der Waals surface area contributed by atoms with E-state index in [1.807, 2.05) is 4.90 Å². The fourth-order valence-corrected chi connectivity index (χ4v) is 3.86. The summed E-state index contributed by atoms with van der Waals surface area (Å²) in [4.78, 5) is 31.8. The summed E-state index contributed by atoms with van der Waals surface area (Å²) in [6, 6.07) is 5.30. The Morgan fingerprint density at radius 2 is 1.82 bits per heavy atom.